The molecule has 0 aromatic heterocycles. The topological polar surface area (TPSA) is 129 Å². The van der Waals surface area contributed by atoms with Crippen LogP contribution in [0.1, 0.15) is 26.3 Å². The molecule has 0 saturated heterocycles. The summed E-state index contributed by atoms with van der Waals surface area (Å²) in [5, 5.41) is 26.2. The smallest absolute Gasteiger partial charge is 0.301 e. The number of nitrogens with zero attached hydrogens (tertiary/aromatic N) is 3. The molecule has 0 saturated carbocycles. The minimum absolute atomic E-state index is 0.0471. The minimum Gasteiger partial charge on any atom is -0.490 e. The minimum atomic E-state index is -0.704. The Kier molecular flexibility index (Phi) is 6.85. The van der Waals surface area contributed by atoms with E-state index >= 15 is 0 Å². The molecule has 0 fully saturated rings. The molecule has 0 amide bonds. The number of hydrazone groups is 1. The van der Waals surface area contributed by atoms with Crippen molar-refractivity contribution in [2.24, 2.45) is 5.10 Å². The molecule has 2 aromatic rings. The highest BCUT2D eigenvalue weighted by atomic mass is 16.6. The van der Waals surface area contributed by atoms with Crippen LogP contribution in [0.15, 0.2) is 41.5 Å². The third-order valence-electron chi connectivity index (χ3n) is 3.69. The lowest BCUT2D eigenvalue weighted by atomic mass is 10.1. The monoisotopic (exact) mass is 388 g/mol. The van der Waals surface area contributed by atoms with E-state index in [1.165, 1.54) is 12.1 Å². The number of ether oxygens (including phenoxy) is 2. The molecule has 0 aliphatic carbocycles. The zero-order valence-electron chi connectivity index (χ0n) is 15.7. The van der Waals surface area contributed by atoms with Crippen molar-refractivity contribution in [2.75, 3.05) is 18.6 Å². The van der Waals surface area contributed by atoms with Gasteiger partial charge in [-0.05, 0) is 45.0 Å². The van der Waals surface area contributed by atoms with Gasteiger partial charge in [0.2, 0.25) is 0 Å². The maximum atomic E-state index is 11.2. The number of nitro groups is 2. The first-order valence-corrected chi connectivity index (χ1v) is 8.50. The quantitative estimate of drug-likeness (QED) is 0.388. The first kappa shape index (κ1) is 20.6. The maximum Gasteiger partial charge on any atom is 0.301 e. The Morgan fingerprint density at radius 2 is 1.68 bits per heavy atom. The summed E-state index contributed by atoms with van der Waals surface area (Å²) in [6.07, 6.45) is 0. The van der Waals surface area contributed by atoms with Crippen LogP contribution in [0.5, 0.6) is 11.5 Å². The van der Waals surface area contributed by atoms with Crippen molar-refractivity contribution < 1.29 is 19.3 Å². The van der Waals surface area contributed by atoms with Crippen LogP contribution in [0.4, 0.5) is 17.1 Å². The van der Waals surface area contributed by atoms with Gasteiger partial charge < -0.3 is 9.47 Å². The van der Waals surface area contributed by atoms with Gasteiger partial charge in [-0.1, -0.05) is 0 Å². The average Bonchev–Trinajstić information content (AvgIpc) is 2.67. The lowest BCUT2D eigenvalue weighted by Crippen LogP contribution is -2.04. The molecular formula is C18H20N4O6. The van der Waals surface area contributed by atoms with Crippen molar-refractivity contribution in [2.45, 2.75) is 20.8 Å². The summed E-state index contributed by atoms with van der Waals surface area (Å²) in [5.41, 5.74) is 3.11. The number of anilines is 1. The van der Waals surface area contributed by atoms with E-state index in [1.54, 1.807) is 25.1 Å². The van der Waals surface area contributed by atoms with Gasteiger partial charge in [0.15, 0.2) is 11.5 Å². The molecule has 0 radical (unpaired) electrons. The summed E-state index contributed by atoms with van der Waals surface area (Å²) < 4.78 is 11.1. The second-order valence-electron chi connectivity index (χ2n) is 5.55. The first-order chi connectivity index (χ1) is 13.4. The van der Waals surface area contributed by atoms with Crippen molar-refractivity contribution in [1.29, 1.82) is 0 Å². The van der Waals surface area contributed by atoms with Gasteiger partial charge in [0.05, 0.1) is 34.8 Å². The molecular weight excluding hydrogens is 368 g/mol. The molecule has 0 aliphatic heterocycles. The van der Waals surface area contributed by atoms with Crippen LogP contribution in [-0.2, 0) is 0 Å². The Morgan fingerprint density at radius 3 is 2.29 bits per heavy atom. The SMILES string of the molecule is CCOc1ccc(/C(C)=N\Nc2ccc([N+](=O)[O-])cc2[N+](=O)[O-])cc1OCC. The molecule has 1 N–H and O–H groups in total. The number of hydrogen-bond donors (Lipinski definition) is 1. The zero-order chi connectivity index (χ0) is 20.7. The van der Waals surface area contributed by atoms with Crippen LogP contribution in [-0.4, -0.2) is 28.8 Å². The molecule has 0 atom stereocenters. The van der Waals surface area contributed by atoms with Gasteiger partial charge in [0, 0.05) is 11.6 Å². The number of benzene rings is 2. The largest absolute Gasteiger partial charge is 0.490 e. The number of nitro benzene ring substituents is 2. The van der Waals surface area contributed by atoms with E-state index in [4.69, 9.17) is 9.47 Å². The van der Waals surface area contributed by atoms with Crippen molar-refractivity contribution in [1.82, 2.24) is 0 Å². The molecule has 2 rings (SSSR count). The lowest BCUT2D eigenvalue weighted by Gasteiger charge is -2.12. The van der Waals surface area contributed by atoms with Crippen molar-refractivity contribution in [3.05, 3.63) is 62.2 Å². The van der Waals surface area contributed by atoms with E-state index in [-0.39, 0.29) is 11.4 Å². The van der Waals surface area contributed by atoms with Crippen molar-refractivity contribution >= 4 is 22.8 Å². The first-order valence-electron chi connectivity index (χ1n) is 8.50. The molecule has 0 heterocycles. The van der Waals surface area contributed by atoms with E-state index in [9.17, 15) is 20.2 Å². The highest BCUT2D eigenvalue weighted by Gasteiger charge is 2.19. The number of non-ortho nitro benzene ring substituents is 1. The Balaban J connectivity index is 2.30. The van der Waals surface area contributed by atoms with Crippen LogP contribution >= 0.6 is 0 Å². The van der Waals surface area contributed by atoms with Gasteiger partial charge in [0.25, 0.3) is 5.69 Å². The van der Waals surface area contributed by atoms with Crippen LogP contribution in [0, 0.1) is 20.2 Å². The van der Waals surface area contributed by atoms with Gasteiger partial charge in [0.1, 0.15) is 5.69 Å². The van der Waals surface area contributed by atoms with Crippen molar-refractivity contribution in [3.8, 4) is 11.5 Å². The van der Waals surface area contributed by atoms with Gasteiger partial charge in [-0.2, -0.15) is 5.10 Å². The molecule has 28 heavy (non-hydrogen) atoms. The van der Waals surface area contributed by atoms with Gasteiger partial charge in [-0.15, -0.1) is 0 Å². The number of rotatable bonds is 9. The summed E-state index contributed by atoms with van der Waals surface area (Å²) in [4.78, 5) is 20.6. The standard InChI is InChI=1S/C18H20N4O6/c1-4-27-17-9-6-13(10-18(17)28-5-2)12(3)19-20-15-8-7-14(21(23)24)11-16(15)22(25)26/h6-11,20H,4-5H2,1-3H3/b19-12-. The fraction of sp³-hybridized carbons (Fsp3) is 0.278. The van der Waals surface area contributed by atoms with E-state index in [1.807, 2.05) is 13.8 Å². The molecule has 0 spiro atoms. The van der Waals surface area contributed by atoms with Gasteiger partial charge >= 0.3 is 5.69 Å². The Bertz CT molecular complexity index is 913. The van der Waals surface area contributed by atoms with Gasteiger partial charge in [-0.25, -0.2) is 0 Å². The zero-order valence-corrected chi connectivity index (χ0v) is 15.7. The average molecular weight is 388 g/mol. The summed E-state index contributed by atoms with van der Waals surface area (Å²) in [6, 6.07) is 8.62. The summed E-state index contributed by atoms with van der Waals surface area (Å²) in [6.45, 7) is 6.41. The maximum absolute atomic E-state index is 11.2. The number of nitrogens with one attached hydrogen (secondary N) is 1. The second kappa shape index (κ2) is 9.31. The van der Waals surface area contributed by atoms with Crippen LogP contribution in [0.25, 0.3) is 0 Å². The Morgan fingerprint density at radius 1 is 1.00 bits per heavy atom. The predicted molar refractivity (Wildman–Crippen MR) is 104 cm³/mol. The molecule has 2 aromatic carbocycles. The summed E-state index contributed by atoms with van der Waals surface area (Å²) in [5.74, 6) is 1.18. The molecule has 0 bridgehead atoms. The third kappa shape index (κ3) is 4.93. The molecule has 10 nitrogen and oxygen atoms in total. The highest BCUT2D eigenvalue weighted by Crippen LogP contribution is 2.30. The summed E-state index contributed by atoms with van der Waals surface area (Å²) >= 11 is 0. The second-order valence-corrected chi connectivity index (χ2v) is 5.55. The van der Waals surface area contributed by atoms with Crippen LogP contribution in [0.3, 0.4) is 0 Å². The Hall–Kier alpha value is -3.69. The van der Waals surface area contributed by atoms with Crippen LogP contribution < -0.4 is 14.9 Å². The predicted octanol–water partition coefficient (Wildman–Crippen LogP) is 4.14. The normalized spacial score (nSPS) is 11.0. The highest BCUT2D eigenvalue weighted by molar-refractivity contribution is 5.99. The van der Waals surface area contributed by atoms with E-state index in [0.29, 0.717) is 30.4 Å². The molecule has 148 valence electrons. The van der Waals surface area contributed by atoms with E-state index in [2.05, 4.69) is 10.5 Å². The molecule has 0 aliphatic rings. The summed E-state index contributed by atoms with van der Waals surface area (Å²) in [7, 11) is 0. The number of hydrogen-bond acceptors (Lipinski definition) is 8. The third-order valence-corrected chi connectivity index (χ3v) is 3.69. The van der Waals surface area contributed by atoms with Crippen molar-refractivity contribution in [3.63, 3.8) is 0 Å². The molecule has 0 unspecified atom stereocenters. The Labute approximate surface area is 161 Å². The van der Waals surface area contributed by atoms with E-state index < -0.39 is 15.5 Å². The van der Waals surface area contributed by atoms with E-state index in [0.717, 1.165) is 11.6 Å². The molecule has 10 heteroatoms. The fourth-order valence-corrected chi connectivity index (χ4v) is 2.36. The van der Waals surface area contributed by atoms with Crippen LogP contribution in [0.2, 0.25) is 0 Å². The van der Waals surface area contributed by atoms with Gasteiger partial charge in [-0.3, -0.25) is 25.7 Å². The lowest BCUT2D eigenvalue weighted by molar-refractivity contribution is -0.393. The fourth-order valence-electron chi connectivity index (χ4n) is 2.36.